The van der Waals surface area contributed by atoms with Gasteiger partial charge in [-0.05, 0) is 30.6 Å². The minimum atomic E-state index is 0. The Hall–Kier alpha value is -0.500. The van der Waals surface area contributed by atoms with E-state index in [0.717, 1.165) is 29.6 Å². The Labute approximate surface area is 260 Å². The van der Waals surface area contributed by atoms with Crippen molar-refractivity contribution >= 4 is 3.26 Å². The van der Waals surface area contributed by atoms with Gasteiger partial charge in [0.05, 0.1) is 0 Å². The van der Waals surface area contributed by atoms with E-state index in [-0.39, 0.29) is 24.8 Å². The fourth-order valence-electron chi connectivity index (χ4n) is 8.13. The van der Waals surface area contributed by atoms with E-state index >= 15 is 0 Å². The summed E-state index contributed by atoms with van der Waals surface area (Å²) in [6, 6.07) is 19.4. The van der Waals surface area contributed by atoms with E-state index < -0.39 is 0 Å². The van der Waals surface area contributed by atoms with Crippen molar-refractivity contribution in [2.75, 3.05) is 0 Å². The van der Waals surface area contributed by atoms with Gasteiger partial charge >= 0.3 is 52.8 Å². The van der Waals surface area contributed by atoms with E-state index in [9.17, 15) is 0 Å². The van der Waals surface area contributed by atoms with Crippen LogP contribution in [0, 0.1) is 35.0 Å². The second-order valence-electron chi connectivity index (χ2n) is 12.8. The molecule has 2 aromatic carbocycles. The van der Waals surface area contributed by atoms with E-state index in [1.54, 1.807) is 17.0 Å². The molecule has 0 heterocycles. The monoisotopic (exact) mass is 716 g/mol. The molecule has 3 saturated carbocycles. The van der Waals surface area contributed by atoms with Crippen LogP contribution in [0.25, 0.3) is 0 Å². The van der Waals surface area contributed by atoms with Crippen LogP contribution in [0.15, 0.2) is 65.7 Å². The quantitative estimate of drug-likeness (QED) is 0.290. The van der Waals surface area contributed by atoms with Crippen LogP contribution in [0.1, 0.15) is 103 Å². The van der Waals surface area contributed by atoms with E-state index in [4.69, 9.17) is 0 Å². The predicted molar refractivity (Wildman–Crippen MR) is 151 cm³/mol. The molecule has 0 N–H and O–H groups in total. The van der Waals surface area contributed by atoms with Crippen molar-refractivity contribution in [3.05, 3.63) is 82.8 Å². The van der Waals surface area contributed by atoms with E-state index in [1.807, 2.05) is 44.7 Å². The van der Waals surface area contributed by atoms with E-state index in [2.05, 4.69) is 52.0 Å². The number of rotatable bonds is 0. The molecule has 0 radical (unpaired) electrons. The number of allylic oxidation sites excluding steroid dienone is 2. The van der Waals surface area contributed by atoms with Gasteiger partial charge in [-0.15, -0.1) is 6.92 Å². The molecule has 0 amide bonds. The molecule has 0 bridgehead atoms. The van der Waals surface area contributed by atoms with Crippen molar-refractivity contribution in [3.8, 4) is 0 Å². The second-order valence-corrected chi connectivity index (χ2v) is 15.3. The summed E-state index contributed by atoms with van der Waals surface area (Å²) in [5, 5.41) is 0. The van der Waals surface area contributed by atoms with Crippen LogP contribution >= 0.6 is 0 Å². The Morgan fingerprint density at radius 3 is 2.11 bits per heavy atom. The summed E-state index contributed by atoms with van der Waals surface area (Å²) in [7, 11) is 0. The molecule has 0 aliphatic heterocycles. The van der Waals surface area contributed by atoms with Crippen LogP contribution in [-0.2, 0) is 30.3 Å². The molecule has 0 aromatic heterocycles. The molecule has 38 heavy (non-hydrogen) atoms. The van der Waals surface area contributed by atoms with Crippen molar-refractivity contribution in [2.24, 2.45) is 29.1 Å². The molecule has 3 fully saturated rings. The molecule has 0 saturated heterocycles. The first-order chi connectivity index (χ1) is 17.4. The van der Waals surface area contributed by atoms with E-state index in [0.29, 0.717) is 5.41 Å². The van der Waals surface area contributed by atoms with Gasteiger partial charge in [-0.2, -0.15) is 18.2 Å². The summed E-state index contributed by atoms with van der Waals surface area (Å²) >= 11 is 1.37. The third-order valence-corrected chi connectivity index (χ3v) is 12.5. The third-order valence-electron chi connectivity index (χ3n) is 10.7. The Morgan fingerprint density at radius 1 is 0.895 bits per heavy atom. The molecule has 5 aliphatic carbocycles. The Bertz CT molecular complexity index is 1040. The normalized spacial score (nSPS) is 30.1. The van der Waals surface area contributed by atoms with Crippen LogP contribution in [-0.4, -0.2) is 3.26 Å². The van der Waals surface area contributed by atoms with Crippen LogP contribution in [0.4, 0.5) is 0 Å². The van der Waals surface area contributed by atoms with Gasteiger partial charge in [0.25, 0.3) is 0 Å². The van der Waals surface area contributed by atoms with Crippen molar-refractivity contribution in [2.45, 2.75) is 97.8 Å². The van der Waals surface area contributed by atoms with Crippen LogP contribution < -0.4 is 24.8 Å². The summed E-state index contributed by atoms with van der Waals surface area (Å²) < 4.78 is 1.84. The summed E-state index contributed by atoms with van der Waals surface area (Å²) in [5.74, 6) is 6.00. The summed E-state index contributed by atoms with van der Waals surface area (Å²) in [6.07, 6.45) is 14.4. The van der Waals surface area contributed by atoms with Gasteiger partial charge in [-0.3, -0.25) is 0 Å². The number of benzene rings is 1. The zero-order valence-corrected chi connectivity index (χ0v) is 29.0. The molecule has 5 unspecified atom stereocenters. The predicted octanol–water partition coefficient (Wildman–Crippen LogP) is 3.41. The number of hydrogen-bond acceptors (Lipinski definition) is 0. The average molecular weight is 716 g/mol. The van der Waals surface area contributed by atoms with Crippen LogP contribution in [0.2, 0.25) is 0 Å². The Morgan fingerprint density at radius 2 is 1.53 bits per heavy atom. The van der Waals surface area contributed by atoms with Crippen molar-refractivity contribution < 1.29 is 48.7 Å². The molecule has 7 rings (SSSR count). The smallest absolute Gasteiger partial charge is 0.172 e. The maximum Gasteiger partial charge on any atom is -0.172 e. The maximum absolute atomic E-state index is 2.51. The van der Waals surface area contributed by atoms with Gasteiger partial charge in [0.1, 0.15) is 0 Å². The van der Waals surface area contributed by atoms with Crippen LogP contribution in [0.5, 0.6) is 0 Å². The van der Waals surface area contributed by atoms with Crippen molar-refractivity contribution in [1.82, 2.24) is 0 Å². The molecule has 3 heteroatoms. The first-order valence-corrected chi connectivity index (χ1v) is 16.6. The molecule has 5 atom stereocenters. The first-order valence-electron chi connectivity index (χ1n) is 14.8. The van der Waals surface area contributed by atoms with Crippen LogP contribution in [0.3, 0.4) is 0 Å². The molecule has 0 spiro atoms. The van der Waals surface area contributed by atoms with Gasteiger partial charge in [0, 0.05) is 0 Å². The SMILES string of the molecule is C[C-]1C2=C3Cc4ccccc4C3C3CCCCC3C2CC(C)C1(C)C.[Cl-].[Cl-].[Hf+2]=[C]1CCCC1.c1cc[cH-]c1. The number of halogens is 2. The largest absolute Gasteiger partial charge is 0.214 e. The average Bonchev–Trinajstić information content (AvgIpc) is 3.66. The van der Waals surface area contributed by atoms with Gasteiger partial charge in [0.15, 0.2) is 0 Å². The third kappa shape index (κ3) is 6.36. The topological polar surface area (TPSA) is 0 Å². The zero-order chi connectivity index (χ0) is 25.3. The summed E-state index contributed by atoms with van der Waals surface area (Å²) in [4.78, 5) is 0. The standard InChI is InChI=1S/C25H33.C5H8.C5H5.2ClH.Hf/c1-15-13-21-19-11-7-8-12-20(19)24-18-10-6-5-9-17(18)14-22(24)23(21)16(2)25(15,3)4;2*1-2-4-5-3-1;;;/h5-6,9-10,15,19-21,24H,7-8,11-14H2,1-4H3;1-4H2;1-5H;2*1H;/q-1;;-1;;;+2/p-2. The Kier molecular flexibility index (Phi) is 11.7. The first kappa shape index (κ1) is 32.0. The van der Waals surface area contributed by atoms with E-state index in [1.165, 1.54) is 88.1 Å². The van der Waals surface area contributed by atoms with Crippen molar-refractivity contribution in [3.63, 3.8) is 0 Å². The van der Waals surface area contributed by atoms with Gasteiger partial charge < -0.3 is 24.8 Å². The molecule has 2 aromatic rings. The maximum atomic E-state index is 2.51. The minimum absolute atomic E-state index is 0. The fourth-order valence-corrected chi connectivity index (χ4v) is 9.40. The van der Waals surface area contributed by atoms with Crippen molar-refractivity contribution in [1.29, 1.82) is 0 Å². The molecular weight excluding hydrogens is 670 g/mol. The molecule has 0 nitrogen and oxygen atoms in total. The van der Waals surface area contributed by atoms with Gasteiger partial charge in [-0.25, -0.2) is 29.2 Å². The van der Waals surface area contributed by atoms with Gasteiger partial charge in [-0.1, -0.05) is 99.1 Å². The molecule has 5 aliphatic rings. The minimum Gasteiger partial charge on any atom is -0.214 e. The molecule has 206 valence electrons. The number of fused-ring (bicyclic) bond motifs is 7. The fraction of sp³-hybridized carbons (Fsp3) is 0.571. The number of hydrogen-bond donors (Lipinski definition) is 0. The second kappa shape index (κ2) is 13.9. The zero-order valence-electron chi connectivity index (χ0n) is 23.9. The Balaban J connectivity index is 0.000000257. The van der Waals surface area contributed by atoms with Gasteiger partial charge in [0.2, 0.25) is 0 Å². The summed E-state index contributed by atoms with van der Waals surface area (Å²) in [5.41, 5.74) is 7.35. The summed E-state index contributed by atoms with van der Waals surface area (Å²) in [6.45, 7) is 9.99. The molecular formula is C35H46Cl2Hf-2.